The quantitative estimate of drug-likeness (QED) is 0.162. The van der Waals surface area contributed by atoms with Crippen molar-refractivity contribution in [2.24, 2.45) is 5.92 Å². The van der Waals surface area contributed by atoms with Crippen LogP contribution in [-0.2, 0) is 9.53 Å². The highest BCUT2D eigenvalue weighted by molar-refractivity contribution is 5.82. The van der Waals surface area contributed by atoms with Crippen molar-refractivity contribution in [3.05, 3.63) is 92.0 Å². The number of carbonyl (C=O) groups excluding carboxylic acids is 1. The Morgan fingerprint density at radius 1 is 0.872 bits per heavy atom. The minimum atomic E-state index is -2.60. The highest BCUT2D eigenvalue weighted by Crippen LogP contribution is 2.54. The first-order chi connectivity index (χ1) is 18.4. The first-order valence-corrected chi connectivity index (χ1v) is 13.8. The predicted octanol–water partition coefficient (Wildman–Crippen LogP) is 5.91. The molecule has 3 rings (SSSR count). The van der Waals surface area contributed by atoms with E-state index >= 15 is 0 Å². The molecule has 1 N–H and O–H groups in total. The first kappa shape index (κ1) is 30.2. The number of rotatable bonds is 11. The molecule has 1 fully saturated rings. The number of esters is 1. The molecule has 0 aromatic heterocycles. The van der Waals surface area contributed by atoms with Crippen molar-refractivity contribution in [1.82, 2.24) is 0 Å². The van der Waals surface area contributed by atoms with Crippen LogP contribution in [0.2, 0.25) is 0 Å². The SMILES string of the molecule is CCCCCCC[C@@H]1[C@H](c2ccccc2)[C@H]([N+](=O)[O-])[C@@H](c2ccccc2)[C@H]([N+](=O)[O-])[C@@]1(O)C(=O)OC(C)(C)C. The number of ether oxygens (including phenoxy) is 1. The highest BCUT2D eigenvalue weighted by atomic mass is 16.6. The zero-order valence-electron chi connectivity index (χ0n) is 23.2. The van der Waals surface area contributed by atoms with Crippen molar-refractivity contribution >= 4 is 5.97 Å². The minimum Gasteiger partial charge on any atom is -0.458 e. The van der Waals surface area contributed by atoms with Crippen LogP contribution in [0.4, 0.5) is 0 Å². The summed E-state index contributed by atoms with van der Waals surface area (Å²) in [6.45, 7) is 6.96. The third-order valence-electron chi connectivity index (χ3n) is 7.71. The summed E-state index contributed by atoms with van der Waals surface area (Å²) in [5, 5.41) is 38.1. The molecule has 2 aromatic carbocycles. The Morgan fingerprint density at radius 2 is 1.38 bits per heavy atom. The van der Waals surface area contributed by atoms with Crippen LogP contribution in [0.3, 0.4) is 0 Å². The van der Waals surface area contributed by atoms with Crippen molar-refractivity contribution in [3.63, 3.8) is 0 Å². The third kappa shape index (κ3) is 6.64. The fourth-order valence-electron chi connectivity index (χ4n) is 6.13. The second kappa shape index (κ2) is 12.7. The van der Waals surface area contributed by atoms with E-state index in [1.54, 1.807) is 81.4 Å². The average Bonchev–Trinajstić information content (AvgIpc) is 2.88. The van der Waals surface area contributed by atoms with Gasteiger partial charge in [0.25, 0.3) is 6.04 Å². The minimum absolute atomic E-state index is 0.204. The Hall–Kier alpha value is -3.33. The molecule has 1 aliphatic carbocycles. The average molecular weight is 541 g/mol. The number of benzene rings is 2. The van der Waals surface area contributed by atoms with Crippen molar-refractivity contribution < 1.29 is 24.5 Å². The molecule has 0 radical (unpaired) electrons. The maximum Gasteiger partial charge on any atom is 0.346 e. The van der Waals surface area contributed by atoms with Gasteiger partial charge >= 0.3 is 5.97 Å². The zero-order chi connectivity index (χ0) is 28.8. The lowest BCUT2D eigenvalue weighted by Crippen LogP contribution is -2.69. The summed E-state index contributed by atoms with van der Waals surface area (Å²) >= 11 is 0. The van der Waals surface area contributed by atoms with Crippen LogP contribution < -0.4 is 0 Å². The predicted molar refractivity (Wildman–Crippen MR) is 148 cm³/mol. The molecule has 212 valence electrons. The van der Waals surface area contributed by atoms with E-state index in [-0.39, 0.29) is 6.42 Å². The number of unbranched alkanes of at least 4 members (excludes halogenated alkanes) is 4. The normalized spacial score (nSPS) is 27.1. The lowest BCUT2D eigenvalue weighted by Gasteiger charge is -2.48. The van der Waals surface area contributed by atoms with Gasteiger partial charge in [0.2, 0.25) is 11.6 Å². The Kier molecular flexibility index (Phi) is 9.83. The van der Waals surface area contributed by atoms with E-state index in [2.05, 4.69) is 6.92 Å². The van der Waals surface area contributed by atoms with Gasteiger partial charge in [-0.25, -0.2) is 4.79 Å². The summed E-state index contributed by atoms with van der Waals surface area (Å²) in [6.07, 6.45) is 4.50. The number of carbonyl (C=O) groups is 1. The Bertz CT molecular complexity index is 1120. The third-order valence-corrected chi connectivity index (χ3v) is 7.71. The Labute approximate surface area is 229 Å². The molecule has 0 bridgehead atoms. The summed E-state index contributed by atoms with van der Waals surface area (Å²) in [6, 6.07) is 13.5. The van der Waals surface area contributed by atoms with Gasteiger partial charge in [0.15, 0.2) is 0 Å². The maximum absolute atomic E-state index is 13.9. The molecule has 0 spiro atoms. The molecular weight excluding hydrogens is 500 g/mol. The van der Waals surface area contributed by atoms with Gasteiger partial charge in [-0.05, 0) is 38.3 Å². The van der Waals surface area contributed by atoms with Crippen LogP contribution in [0.5, 0.6) is 0 Å². The number of hydrogen-bond donors (Lipinski definition) is 1. The van der Waals surface area contributed by atoms with E-state index in [1.807, 2.05) is 0 Å². The van der Waals surface area contributed by atoms with Crippen LogP contribution in [-0.4, -0.2) is 44.2 Å². The van der Waals surface area contributed by atoms with Crippen molar-refractivity contribution in [2.45, 2.75) is 101 Å². The fraction of sp³-hybridized carbons (Fsp3) is 0.567. The summed E-state index contributed by atoms with van der Waals surface area (Å²) in [5.74, 6) is -4.57. The van der Waals surface area contributed by atoms with Gasteiger partial charge in [-0.2, -0.15) is 0 Å². The number of hydrogen-bond acceptors (Lipinski definition) is 7. The van der Waals surface area contributed by atoms with Gasteiger partial charge in [-0.3, -0.25) is 20.2 Å². The van der Waals surface area contributed by atoms with E-state index in [9.17, 15) is 30.1 Å². The number of nitro groups is 2. The molecule has 1 saturated carbocycles. The summed E-state index contributed by atoms with van der Waals surface area (Å²) < 4.78 is 5.64. The maximum atomic E-state index is 13.9. The molecule has 0 aliphatic heterocycles. The second-order valence-corrected chi connectivity index (χ2v) is 11.5. The molecule has 0 unspecified atom stereocenters. The Morgan fingerprint density at radius 3 is 1.85 bits per heavy atom. The number of aliphatic hydroxyl groups is 1. The first-order valence-electron chi connectivity index (χ1n) is 13.8. The molecule has 9 heteroatoms. The molecule has 39 heavy (non-hydrogen) atoms. The summed E-state index contributed by atoms with van der Waals surface area (Å²) in [4.78, 5) is 38.3. The monoisotopic (exact) mass is 540 g/mol. The second-order valence-electron chi connectivity index (χ2n) is 11.5. The van der Waals surface area contributed by atoms with Crippen molar-refractivity contribution in [2.75, 3.05) is 0 Å². The largest absolute Gasteiger partial charge is 0.458 e. The Balaban J connectivity index is 2.30. The van der Waals surface area contributed by atoms with Gasteiger partial charge < -0.3 is 9.84 Å². The van der Waals surface area contributed by atoms with Crippen molar-refractivity contribution in [3.8, 4) is 0 Å². The van der Waals surface area contributed by atoms with Crippen molar-refractivity contribution in [1.29, 1.82) is 0 Å². The molecule has 9 nitrogen and oxygen atoms in total. The van der Waals surface area contributed by atoms with Crippen LogP contribution >= 0.6 is 0 Å². The van der Waals surface area contributed by atoms with Crippen LogP contribution in [0.15, 0.2) is 60.7 Å². The van der Waals surface area contributed by atoms with Crippen LogP contribution in [0, 0.1) is 26.1 Å². The standard InChI is InChI=1S/C30H40N2O7/c1-5-6-7-8-15-20-23-24(21-16-11-9-12-17-21)26(31(35)36)25(22-18-13-10-14-19-22)27(32(37)38)30(23,34)28(33)39-29(2,3)4/h9-14,16-19,23-27,34H,5-8,15,20H2,1-4H3/t23-,24+,25-,26+,27+,30-/m1/s1. The molecule has 6 atom stereocenters. The lowest BCUT2D eigenvalue weighted by atomic mass is 9.55. The van der Waals surface area contributed by atoms with Gasteiger partial charge in [0.05, 0.1) is 5.92 Å². The van der Waals surface area contributed by atoms with Crippen LogP contribution in [0.25, 0.3) is 0 Å². The van der Waals surface area contributed by atoms with E-state index in [1.165, 1.54) is 0 Å². The summed E-state index contributed by atoms with van der Waals surface area (Å²) in [5.41, 5.74) is -2.76. The molecule has 0 amide bonds. The highest BCUT2D eigenvalue weighted by Gasteiger charge is 2.72. The smallest absolute Gasteiger partial charge is 0.346 e. The van der Waals surface area contributed by atoms with E-state index < -0.39 is 56.9 Å². The molecule has 2 aromatic rings. The lowest BCUT2D eigenvalue weighted by molar-refractivity contribution is -0.594. The van der Waals surface area contributed by atoms with E-state index in [0.717, 1.165) is 25.7 Å². The molecular formula is C30H40N2O7. The molecule has 0 heterocycles. The fourth-order valence-corrected chi connectivity index (χ4v) is 6.13. The van der Waals surface area contributed by atoms with E-state index in [4.69, 9.17) is 4.74 Å². The van der Waals surface area contributed by atoms with Gasteiger partial charge in [0, 0.05) is 15.8 Å². The van der Waals surface area contributed by atoms with E-state index in [0.29, 0.717) is 17.5 Å². The molecule has 0 saturated heterocycles. The summed E-state index contributed by atoms with van der Waals surface area (Å²) in [7, 11) is 0. The molecule has 1 aliphatic rings. The zero-order valence-corrected chi connectivity index (χ0v) is 23.2. The van der Waals surface area contributed by atoms with Gasteiger partial charge in [-0.1, -0.05) is 99.7 Å². The topological polar surface area (TPSA) is 133 Å². The number of nitrogens with zero attached hydrogens (tertiary/aromatic N) is 2. The van der Waals surface area contributed by atoms with Gasteiger partial charge in [-0.15, -0.1) is 0 Å². The van der Waals surface area contributed by atoms with Gasteiger partial charge in [0.1, 0.15) is 11.5 Å². The van der Waals surface area contributed by atoms with Crippen LogP contribution in [0.1, 0.15) is 89.2 Å².